The molecule has 122 valence electrons. The number of carbonyl (C=O) groups is 2. The minimum absolute atomic E-state index is 0.375. The topological polar surface area (TPSA) is 66.4 Å². The van der Waals surface area contributed by atoms with Gasteiger partial charge in [0.2, 0.25) is 0 Å². The van der Waals surface area contributed by atoms with Crippen LogP contribution in [-0.2, 0) is 11.0 Å². The highest BCUT2D eigenvalue weighted by molar-refractivity contribution is 5.96. The molecule has 1 aromatic carbocycles. The van der Waals surface area contributed by atoms with Crippen LogP contribution < -0.4 is 5.32 Å². The molecule has 0 saturated heterocycles. The Morgan fingerprint density at radius 3 is 2.32 bits per heavy atom. The van der Waals surface area contributed by atoms with E-state index in [-0.39, 0.29) is 11.5 Å². The molecule has 0 aliphatic carbocycles. The van der Waals surface area contributed by atoms with Crippen molar-refractivity contribution in [3.63, 3.8) is 0 Å². The zero-order valence-electron chi connectivity index (χ0n) is 11.9. The van der Waals surface area contributed by atoms with Gasteiger partial charge in [0.15, 0.2) is 0 Å². The monoisotopic (exact) mass is 321 g/mol. The van der Waals surface area contributed by atoms with Crippen molar-refractivity contribution < 1.29 is 32.3 Å². The zero-order valence-corrected chi connectivity index (χ0v) is 11.9. The van der Waals surface area contributed by atoms with Gasteiger partial charge < -0.3 is 10.4 Å². The third-order valence-electron chi connectivity index (χ3n) is 3.30. The fourth-order valence-corrected chi connectivity index (χ4v) is 1.79. The van der Waals surface area contributed by atoms with Crippen molar-refractivity contribution in [2.45, 2.75) is 32.5 Å². The molecule has 2 N–H and O–H groups in total. The maximum absolute atomic E-state index is 13.4. The van der Waals surface area contributed by atoms with Crippen LogP contribution in [-0.4, -0.2) is 23.0 Å². The Bertz CT molecular complexity index is 572. The number of rotatable bonds is 5. The van der Waals surface area contributed by atoms with Crippen LogP contribution in [0.3, 0.4) is 0 Å². The van der Waals surface area contributed by atoms with Crippen molar-refractivity contribution in [3.8, 4) is 0 Å². The number of halogens is 4. The predicted octanol–water partition coefficient (Wildman–Crippen LogP) is 3.07. The molecule has 22 heavy (non-hydrogen) atoms. The fraction of sp³-hybridized carbons (Fsp3) is 0.429. The van der Waals surface area contributed by atoms with Crippen molar-refractivity contribution in [1.82, 2.24) is 5.32 Å². The third-order valence-corrected chi connectivity index (χ3v) is 3.30. The van der Waals surface area contributed by atoms with Gasteiger partial charge in [0, 0.05) is 5.56 Å². The first-order valence-corrected chi connectivity index (χ1v) is 6.48. The summed E-state index contributed by atoms with van der Waals surface area (Å²) in [6, 6.07) is 0.483. The molecular weight excluding hydrogens is 306 g/mol. The second-order valence-electron chi connectivity index (χ2n) is 4.87. The van der Waals surface area contributed by atoms with E-state index in [9.17, 15) is 27.2 Å². The summed E-state index contributed by atoms with van der Waals surface area (Å²) in [4.78, 5) is 23.0. The molecule has 8 heteroatoms. The highest BCUT2D eigenvalue weighted by atomic mass is 19.4. The standard InChI is InChI=1S/C14H15F4NO3/c1-3-7(2)11(13(21)22)19-12(20)8-4-5-9(10(15)6-8)14(16,17)18/h4-7,11H,3H2,1-2H3,(H,19,20)(H,21,22)/t7-,11-/m0/s1. The Labute approximate surface area is 124 Å². The first-order chi connectivity index (χ1) is 10.1. The maximum atomic E-state index is 13.4. The molecule has 0 aromatic heterocycles. The maximum Gasteiger partial charge on any atom is 0.419 e. The average Bonchev–Trinajstić information content (AvgIpc) is 2.41. The number of benzene rings is 1. The highest BCUT2D eigenvalue weighted by Crippen LogP contribution is 2.31. The summed E-state index contributed by atoms with van der Waals surface area (Å²) in [5.74, 6) is -4.19. The summed E-state index contributed by atoms with van der Waals surface area (Å²) in [7, 11) is 0. The zero-order chi connectivity index (χ0) is 17.1. The Morgan fingerprint density at radius 1 is 1.32 bits per heavy atom. The smallest absolute Gasteiger partial charge is 0.419 e. The van der Waals surface area contributed by atoms with Crippen LogP contribution in [0.25, 0.3) is 0 Å². The Balaban J connectivity index is 2.99. The van der Waals surface area contributed by atoms with Gasteiger partial charge in [0.1, 0.15) is 11.9 Å². The van der Waals surface area contributed by atoms with Gasteiger partial charge >= 0.3 is 12.1 Å². The van der Waals surface area contributed by atoms with E-state index >= 15 is 0 Å². The van der Waals surface area contributed by atoms with Gasteiger partial charge in [-0.25, -0.2) is 9.18 Å². The molecule has 0 bridgehead atoms. The van der Waals surface area contributed by atoms with E-state index in [1.807, 2.05) is 0 Å². The number of hydrogen-bond donors (Lipinski definition) is 2. The summed E-state index contributed by atoms with van der Waals surface area (Å²) in [5, 5.41) is 11.2. The van der Waals surface area contributed by atoms with E-state index in [1.54, 1.807) is 13.8 Å². The number of aliphatic carboxylic acids is 1. The van der Waals surface area contributed by atoms with Gasteiger partial charge in [-0.1, -0.05) is 20.3 Å². The number of amides is 1. The Morgan fingerprint density at radius 2 is 1.91 bits per heavy atom. The number of carbonyl (C=O) groups excluding carboxylic acids is 1. The molecule has 2 atom stereocenters. The lowest BCUT2D eigenvalue weighted by molar-refractivity contribution is -0.141. The summed E-state index contributed by atoms with van der Waals surface area (Å²) in [6.45, 7) is 3.33. The van der Waals surface area contributed by atoms with Crippen molar-refractivity contribution in [3.05, 3.63) is 35.1 Å². The van der Waals surface area contributed by atoms with Gasteiger partial charge in [-0.05, 0) is 24.1 Å². The average molecular weight is 321 g/mol. The molecular formula is C14H15F4NO3. The van der Waals surface area contributed by atoms with Crippen LogP contribution in [0.4, 0.5) is 17.6 Å². The highest BCUT2D eigenvalue weighted by Gasteiger charge is 2.34. The van der Waals surface area contributed by atoms with Crippen molar-refractivity contribution in [1.29, 1.82) is 0 Å². The largest absolute Gasteiger partial charge is 0.480 e. The first-order valence-electron chi connectivity index (χ1n) is 6.48. The second-order valence-corrected chi connectivity index (χ2v) is 4.87. The molecule has 0 unspecified atom stereocenters. The van der Waals surface area contributed by atoms with Gasteiger partial charge in [0.25, 0.3) is 5.91 Å². The normalized spacial score (nSPS) is 14.3. The molecule has 0 fully saturated rings. The lowest BCUT2D eigenvalue weighted by Gasteiger charge is -2.20. The quantitative estimate of drug-likeness (QED) is 0.819. The van der Waals surface area contributed by atoms with E-state index < -0.39 is 35.5 Å². The number of alkyl halides is 3. The van der Waals surface area contributed by atoms with E-state index in [4.69, 9.17) is 5.11 Å². The third kappa shape index (κ3) is 4.19. The molecule has 1 aromatic rings. The summed E-state index contributed by atoms with van der Waals surface area (Å²) < 4.78 is 50.7. The van der Waals surface area contributed by atoms with Crippen LogP contribution in [0.15, 0.2) is 18.2 Å². The lowest BCUT2D eigenvalue weighted by Crippen LogP contribution is -2.45. The number of nitrogens with one attached hydrogen (secondary N) is 1. The van der Waals surface area contributed by atoms with Crippen LogP contribution in [0.2, 0.25) is 0 Å². The van der Waals surface area contributed by atoms with Crippen molar-refractivity contribution in [2.24, 2.45) is 5.92 Å². The fourth-order valence-electron chi connectivity index (χ4n) is 1.79. The molecule has 1 rings (SSSR count). The minimum Gasteiger partial charge on any atom is -0.480 e. The van der Waals surface area contributed by atoms with Gasteiger partial charge in [-0.2, -0.15) is 13.2 Å². The van der Waals surface area contributed by atoms with Crippen LogP contribution >= 0.6 is 0 Å². The van der Waals surface area contributed by atoms with E-state index in [0.29, 0.717) is 18.6 Å². The molecule has 0 saturated carbocycles. The molecule has 0 aliphatic heterocycles. The summed E-state index contributed by atoms with van der Waals surface area (Å²) in [5.41, 5.74) is -1.86. The van der Waals surface area contributed by atoms with Gasteiger partial charge in [-0.3, -0.25) is 4.79 Å². The number of carboxylic acids is 1. The Kier molecular flexibility index (Phi) is 5.51. The molecule has 0 spiro atoms. The summed E-state index contributed by atoms with van der Waals surface area (Å²) >= 11 is 0. The number of hydrogen-bond acceptors (Lipinski definition) is 2. The van der Waals surface area contributed by atoms with Crippen LogP contribution in [0, 0.1) is 11.7 Å². The predicted molar refractivity (Wildman–Crippen MR) is 69.7 cm³/mol. The molecule has 0 radical (unpaired) electrons. The molecule has 4 nitrogen and oxygen atoms in total. The molecule has 0 heterocycles. The van der Waals surface area contributed by atoms with Gasteiger partial charge in [0.05, 0.1) is 5.56 Å². The van der Waals surface area contributed by atoms with E-state index in [0.717, 1.165) is 6.07 Å². The minimum atomic E-state index is -4.86. The SMILES string of the molecule is CC[C@H](C)[C@H](NC(=O)c1ccc(C(F)(F)F)c(F)c1)C(=O)O. The molecule has 0 aliphatic rings. The first kappa shape index (κ1) is 17.9. The van der Waals surface area contributed by atoms with E-state index in [1.165, 1.54) is 0 Å². The van der Waals surface area contributed by atoms with Crippen molar-refractivity contribution in [2.75, 3.05) is 0 Å². The lowest BCUT2D eigenvalue weighted by atomic mass is 9.99. The Hall–Kier alpha value is -2.12. The van der Waals surface area contributed by atoms with E-state index in [2.05, 4.69) is 5.32 Å². The van der Waals surface area contributed by atoms with Crippen molar-refractivity contribution >= 4 is 11.9 Å². The van der Waals surface area contributed by atoms with Crippen LogP contribution in [0.5, 0.6) is 0 Å². The summed E-state index contributed by atoms with van der Waals surface area (Å²) in [6.07, 6.45) is -4.39. The second kappa shape index (κ2) is 6.76. The van der Waals surface area contributed by atoms with Gasteiger partial charge in [-0.15, -0.1) is 0 Å². The molecule has 1 amide bonds. The van der Waals surface area contributed by atoms with Crippen LogP contribution in [0.1, 0.15) is 36.2 Å². The number of carboxylic acid groups (broad SMARTS) is 1.